The van der Waals surface area contributed by atoms with Crippen LogP contribution in [0.4, 0.5) is 0 Å². The molecule has 2 saturated heterocycles. The third kappa shape index (κ3) is 1.94. The molecule has 1 unspecified atom stereocenters. The average Bonchev–Trinajstić information content (AvgIpc) is 2.55. The first-order valence-corrected chi connectivity index (χ1v) is 6.98. The van der Waals surface area contributed by atoms with E-state index in [1.54, 1.807) is 0 Å². The summed E-state index contributed by atoms with van der Waals surface area (Å²) in [6.45, 7) is 1.95. The first kappa shape index (κ1) is 11.8. The first-order chi connectivity index (χ1) is 7.53. The van der Waals surface area contributed by atoms with Crippen LogP contribution in [0.1, 0.15) is 19.3 Å². The Labute approximate surface area is 94.7 Å². The molecule has 0 saturated carbocycles. The molecule has 2 rings (SSSR count). The Bertz CT molecular complexity index is 375. The molecule has 0 spiro atoms. The fourth-order valence-corrected chi connectivity index (χ4v) is 4.39. The van der Waals surface area contributed by atoms with Gasteiger partial charge in [0.1, 0.15) is 0 Å². The largest absolute Gasteiger partial charge is 0.480 e. The van der Waals surface area contributed by atoms with Crippen LogP contribution in [0, 0.1) is 0 Å². The Kier molecular flexibility index (Phi) is 3.18. The molecular formula is C9H16N2O4S. The second-order valence-electron chi connectivity index (χ2n) is 4.25. The summed E-state index contributed by atoms with van der Waals surface area (Å²) >= 11 is 0. The SMILES string of the molecule is O=C(O)C1CCN(C2CCNCC2)S1(=O)=O. The molecule has 7 heteroatoms. The third-order valence-electron chi connectivity index (χ3n) is 3.29. The van der Waals surface area contributed by atoms with Crippen LogP contribution in [-0.2, 0) is 14.8 Å². The third-order valence-corrected chi connectivity index (χ3v) is 5.58. The average molecular weight is 248 g/mol. The maximum Gasteiger partial charge on any atom is 0.323 e. The normalized spacial score (nSPS) is 31.6. The Hall–Kier alpha value is -0.660. The number of hydrogen-bond acceptors (Lipinski definition) is 4. The number of carboxylic acid groups (broad SMARTS) is 1. The monoisotopic (exact) mass is 248 g/mol. The van der Waals surface area contributed by atoms with Crippen LogP contribution in [0.5, 0.6) is 0 Å². The molecule has 0 aromatic heterocycles. The Morgan fingerprint density at radius 3 is 2.38 bits per heavy atom. The van der Waals surface area contributed by atoms with Crippen molar-refractivity contribution in [3.63, 3.8) is 0 Å². The van der Waals surface area contributed by atoms with Crippen LogP contribution in [0.2, 0.25) is 0 Å². The maximum absolute atomic E-state index is 12.0. The van der Waals surface area contributed by atoms with Gasteiger partial charge in [0.15, 0.2) is 5.25 Å². The van der Waals surface area contributed by atoms with Gasteiger partial charge in [-0.25, -0.2) is 8.42 Å². The van der Waals surface area contributed by atoms with E-state index in [-0.39, 0.29) is 12.5 Å². The Morgan fingerprint density at radius 2 is 1.88 bits per heavy atom. The van der Waals surface area contributed by atoms with E-state index in [0.29, 0.717) is 6.54 Å². The van der Waals surface area contributed by atoms with E-state index in [2.05, 4.69) is 5.32 Å². The summed E-state index contributed by atoms with van der Waals surface area (Å²) in [4.78, 5) is 10.8. The number of piperidine rings is 1. The molecule has 92 valence electrons. The van der Waals surface area contributed by atoms with Crippen molar-refractivity contribution in [2.75, 3.05) is 19.6 Å². The number of aliphatic carboxylic acids is 1. The number of nitrogens with zero attached hydrogens (tertiary/aromatic N) is 1. The van der Waals surface area contributed by atoms with Gasteiger partial charge in [0, 0.05) is 12.6 Å². The van der Waals surface area contributed by atoms with E-state index in [1.165, 1.54) is 4.31 Å². The number of nitrogens with one attached hydrogen (secondary N) is 1. The van der Waals surface area contributed by atoms with E-state index >= 15 is 0 Å². The van der Waals surface area contributed by atoms with Gasteiger partial charge in [-0.3, -0.25) is 4.79 Å². The molecule has 0 radical (unpaired) electrons. The second kappa shape index (κ2) is 4.31. The van der Waals surface area contributed by atoms with E-state index < -0.39 is 21.2 Å². The lowest BCUT2D eigenvalue weighted by molar-refractivity contribution is -0.136. The van der Waals surface area contributed by atoms with E-state index in [1.807, 2.05) is 0 Å². The number of carbonyl (C=O) groups is 1. The Morgan fingerprint density at radius 1 is 1.25 bits per heavy atom. The number of sulfonamides is 1. The molecule has 2 N–H and O–H groups in total. The van der Waals surface area contributed by atoms with Gasteiger partial charge in [-0.05, 0) is 32.4 Å². The molecule has 0 aromatic rings. The molecule has 2 aliphatic heterocycles. The first-order valence-electron chi connectivity index (χ1n) is 5.47. The van der Waals surface area contributed by atoms with Crippen LogP contribution >= 0.6 is 0 Å². The van der Waals surface area contributed by atoms with Crippen molar-refractivity contribution >= 4 is 16.0 Å². The molecule has 0 bridgehead atoms. The van der Waals surface area contributed by atoms with Crippen molar-refractivity contribution < 1.29 is 18.3 Å². The lowest BCUT2D eigenvalue weighted by Crippen LogP contribution is -2.45. The fourth-order valence-electron chi connectivity index (χ4n) is 2.42. The van der Waals surface area contributed by atoms with Gasteiger partial charge >= 0.3 is 5.97 Å². The van der Waals surface area contributed by atoms with E-state index in [9.17, 15) is 13.2 Å². The van der Waals surface area contributed by atoms with Crippen molar-refractivity contribution in [1.29, 1.82) is 0 Å². The topological polar surface area (TPSA) is 86.7 Å². The van der Waals surface area contributed by atoms with Gasteiger partial charge in [0.05, 0.1) is 0 Å². The molecule has 2 aliphatic rings. The summed E-state index contributed by atoms with van der Waals surface area (Å²) in [7, 11) is -3.62. The van der Waals surface area contributed by atoms with Crippen LogP contribution in [0.3, 0.4) is 0 Å². The highest BCUT2D eigenvalue weighted by molar-refractivity contribution is 7.90. The molecule has 2 fully saturated rings. The second-order valence-corrected chi connectivity index (χ2v) is 6.32. The fraction of sp³-hybridized carbons (Fsp3) is 0.889. The zero-order chi connectivity index (χ0) is 11.8. The standard InChI is InChI=1S/C9H16N2O4S/c12-9(13)8-3-6-11(16(8,14)15)7-1-4-10-5-2-7/h7-8,10H,1-6H2,(H,12,13). The van der Waals surface area contributed by atoms with Gasteiger partial charge in [-0.2, -0.15) is 4.31 Å². The van der Waals surface area contributed by atoms with Crippen LogP contribution in [-0.4, -0.2) is 54.7 Å². The highest BCUT2D eigenvalue weighted by atomic mass is 32.2. The molecule has 16 heavy (non-hydrogen) atoms. The molecule has 0 amide bonds. The molecule has 6 nitrogen and oxygen atoms in total. The van der Waals surface area contributed by atoms with Gasteiger partial charge in [-0.15, -0.1) is 0 Å². The van der Waals surface area contributed by atoms with Crippen molar-refractivity contribution in [2.45, 2.75) is 30.6 Å². The maximum atomic E-state index is 12.0. The predicted octanol–water partition coefficient (Wildman–Crippen LogP) is -0.773. The van der Waals surface area contributed by atoms with Crippen molar-refractivity contribution in [2.24, 2.45) is 0 Å². The van der Waals surface area contributed by atoms with Gasteiger partial charge < -0.3 is 10.4 Å². The summed E-state index contributed by atoms with van der Waals surface area (Å²) in [6, 6.07) is -0.0180. The number of hydrogen-bond donors (Lipinski definition) is 2. The minimum absolute atomic E-state index is 0.0180. The van der Waals surface area contributed by atoms with Crippen molar-refractivity contribution in [3.05, 3.63) is 0 Å². The predicted molar refractivity (Wildman–Crippen MR) is 57.6 cm³/mol. The van der Waals surface area contributed by atoms with Gasteiger partial charge in [-0.1, -0.05) is 0 Å². The molecule has 1 atom stereocenters. The number of rotatable bonds is 2. The molecule has 2 heterocycles. The highest BCUT2D eigenvalue weighted by Gasteiger charge is 2.46. The van der Waals surface area contributed by atoms with Crippen LogP contribution in [0.25, 0.3) is 0 Å². The summed E-state index contributed by atoms with van der Waals surface area (Å²) < 4.78 is 25.3. The molecular weight excluding hydrogens is 232 g/mol. The quantitative estimate of drug-likeness (QED) is 0.670. The van der Waals surface area contributed by atoms with Crippen molar-refractivity contribution in [1.82, 2.24) is 9.62 Å². The van der Waals surface area contributed by atoms with Gasteiger partial charge in [0.25, 0.3) is 0 Å². The highest BCUT2D eigenvalue weighted by Crippen LogP contribution is 2.27. The zero-order valence-electron chi connectivity index (χ0n) is 8.92. The molecule has 0 aliphatic carbocycles. The summed E-state index contributed by atoms with van der Waals surface area (Å²) in [6.07, 6.45) is 1.75. The zero-order valence-corrected chi connectivity index (χ0v) is 9.74. The number of carboxylic acids is 1. The van der Waals surface area contributed by atoms with Crippen LogP contribution in [0.15, 0.2) is 0 Å². The van der Waals surface area contributed by atoms with Crippen molar-refractivity contribution in [3.8, 4) is 0 Å². The minimum Gasteiger partial charge on any atom is -0.480 e. The lowest BCUT2D eigenvalue weighted by Gasteiger charge is -2.30. The summed E-state index contributed by atoms with van der Waals surface area (Å²) in [5.74, 6) is -1.23. The van der Waals surface area contributed by atoms with Crippen LogP contribution < -0.4 is 5.32 Å². The van der Waals surface area contributed by atoms with Gasteiger partial charge in [0.2, 0.25) is 10.0 Å². The lowest BCUT2D eigenvalue weighted by atomic mass is 10.1. The minimum atomic E-state index is -3.62. The molecule has 0 aromatic carbocycles. The summed E-state index contributed by atoms with van der Waals surface area (Å²) in [5.41, 5.74) is 0. The summed E-state index contributed by atoms with van der Waals surface area (Å²) in [5, 5.41) is 10.8. The van der Waals surface area contributed by atoms with E-state index in [4.69, 9.17) is 5.11 Å². The smallest absolute Gasteiger partial charge is 0.323 e. The van der Waals surface area contributed by atoms with E-state index in [0.717, 1.165) is 25.9 Å². The Balaban J connectivity index is 2.15.